The summed E-state index contributed by atoms with van der Waals surface area (Å²) in [6.45, 7) is 1.81. The van der Waals surface area contributed by atoms with Gasteiger partial charge in [0.1, 0.15) is 28.4 Å². The quantitative estimate of drug-likeness (QED) is 0.377. The van der Waals surface area contributed by atoms with Gasteiger partial charge in [0, 0.05) is 24.2 Å². The second kappa shape index (κ2) is 7.83. The number of halogens is 1. The maximum Gasteiger partial charge on any atom is 0.138 e. The Labute approximate surface area is 188 Å². The summed E-state index contributed by atoms with van der Waals surface area (Å²) < 4.78 is 19.4. The molecular formula is C25H21FN6O. The van der Waals surface area contributed by atoms with Crippen LogP contribution in [0, 0.1) is 5.82 Å². The van der Waals surface area contributed by atoms with Gasteiger partial charge in [-0.3, -0.25) is 5.10 Å². The first-order chi connectivity index (χ1) is 16.2. The van der Waals surface area contributed by atoms with E-state index in [1.54, 1.807) is 6.20 Å². The molecule has 164 valence electrons. The maximum absolute atomic E-state index is 14.2. The number of pyridine rings is 2. The largest absolute Gasteiger partial charge is 0.497 e. The molecule has 1 aliphatic rings. The van der Waals surface area contributed by atoms with Crippen LogP contribution in [0.2, 0.25) is 0 Å². The van der Waals surface area contributed by atoms with E-state index in [1.165, 1.54) is 24.8 Å². The van der Waals surface area contributed by atoms with E-state index in [4.69, 9.17) is 9.72 Å². The molecule has 5 aromatic rings. The molecule has 3 N–H and O–H groups in total. The van der Waals surface area contributed by atoms with E-state index in [-0.39, 0.29) is 5.82 Å². The van der Waals surface area contributed by atoms with Crippen LogP contribution in [0.3, 0.4) is 0 Å². The van der Waals surface area contributed by atoms with Crippen LogP contribution < -0.4 is 10.1 Å². The number of ether oxygens (including phenoxy) is 1. The molecule has 0 saturated carbocycles. The number of benzene rings is 1. The van der Waals surface area contributed by atoms with E-state index in [0.717, 1.165) is 64.1 Å². The molecule has 0 atom stereocenters. The highest BCUT2D eigenvalue weighted by Crippen LogP contribution is 2.34. The van der Waals surface area contributed by atoms with E-state index >= 15 is 0 Å². The van der Waals surface area contributed by atoms with Gasteiger partial charge in [-0.1, -0.05) is 6.08 Å². The van der Waals surface area contributed by atoms with Crippen molar-refractivity contribution < 1.29 is 9.13 Å². The first-order valence-electron chi connectivity index (χ1n) is 10.8. The number of fused-ring (bicyclic) bond motifs is 2. The van der Waals surface area contributed by atoms with Crippen molar-refractivity contribution in [3.63, 3.8) is 0 Å². The predicted molar refractivity (Wildman–Crippen MR) is 126 cm³/mol. The molecule has 4 aromatic heterocycles. The minimum absolute atomic E-state index is 0.354. The van der Waals surface area contributed by atoms with Crippen LogP contribution in [0.4, 0.5) is 4.39 Å². The molecule has 7 nitrogen and oxygen atoms in total. The number of nitrogens with one attached hydrogen (secondary N) is 3. The molecule has 0 bridgehead atoms. The summed E-state index contributed by atoms with van der Waals surface area (Å²) in [6.07, 6.45) is 4.84. The summed E-state index contributed by atoms with van der Waals surface area (Å²) in [6, 6.07) is 12.6. The van der Waals surface area contributed by atoms with Gasteiger partial charge in [0.15, 0.2) is 0 Å². The molecule has 1 aliphatic heterocycles. The number of aromatic amines is 2. The Morgan fingerprint density at radius 2 is 2.03 bits per heavy atom. The van der Waals surface area contributed by atoms with Gasteiger partial charge < -0.3 is 15.0 Å². The van der Waals surface area contributed by atoms with Crippen molar-refractivity contribution in [2.75, 3.05) is 20.2 Å². The van der Waals surface area contributed by atoms with E-state index < -0.39 is 0 Å². The second-order valence-corrected chi connectivity index (χ2v) is 8.03. The Balaban J connectivity index is 1.48. The average molecular weight is 440 g/mol. The molecule has 0 unspecified atom stereocenters. The van der Waals surface area contributed by atoms with Crippen molar-refractivity contribution in [1.82, 2.24) is 30.5 Å². The van der Waals surface area contributed by atoms with Crippen molar-refractivity contribution in [2.24, 2.45) is 0 Å². The third kappa shape index (κ3) is 3.44. The van der Waals surface area contributed by atoms with Crippen LogP contribution in [-0.2, 0) is 0 Å². The fourth-order valence-electron chi connectivity index (χ4n) is 4.36. The third-order valence-electron chi connectivity index (χ3n) is 6.01. The van der Waals surface area contributed by atoms with E-state index in [2.05, 4.69) is 31.6 Å². The molecule has 1 aromatic carbocycles. The molecule has 0 amide bonds. The lowest BCUT2D eigenvalue weighted by molar-refractivity contribution is 0.411. The Kier molecular flexibility index (Phi) is 4.66. The number of methoxy groups -OCH3 is 1. The van der Waals surface area contributed by atoms with Crippen LogP contribution in [0.25, 0.3) is 50.2 Å². The van der Waals surface area contributed by atoms with Crippen molar-refractivity contribution in [3.05, 3.63) is 66.2 Å². The van der Waals surface area contributed by atoms with Gasteiger partial charge in [-0.25, -0.2) is 14.4 Å². The Bertz CT molecular complexity index is 1530. The summed E-state index contributed by atoms with van der Waals surface area (Å²) in [5, 5.41) is 11.8. The molecule has 0 aliphatic carbocycles. The lowest BCUT2D eigenvalue weighted by Crippen LogP contribution is -2.20. The Hall–Kier alpha value is -4.04. The molecule has 5 heterocycles. The number of hydrogen-bond donors (Lipinski definition) is 3. The van der Waals surface area contributed by atoms with Gasteiger partial charge in [0.25, 0.3) is 0 Å². The Morgan fingerprint density at radius 3 is 2.88 bits per heavy atom. The monoisotopic (exact) mass is 440 g/mol. The number of rotatable bonds is 4. The zero-order valence-corrected chi connectivity index (χ0v) is 17.9. The molecule has 0 saturated heterocycles. The van der Waals surface area contributed by atoms with Crippen molar-refractivity contribution >= 4 is 27.6 Å². The van der Waals surface area contributed by atoms with Crippen LogP contribution in [0.1, 0.15) is 12.1 Å². The Morgan fingerprint density at radius 1 is 1.09 bits per heavy atom. The summed E-state index contributed by atoms with van der Waals surface area (Å²) in [7, 11) is 1.53. The number of nitrogens with zero attached hydrogens (tertiary/aromatic N) is 3. The van der Waals surface area contributed by atoms with Gasteiger partial charge in [-0.2, -0.15) is 5.10 Å². The van der Waals surface area contributed by atoms with Crippen LogP contribution in [0.15, 0.2) is 54.7 Å². The average Bonchev–Trinajstić information content (AvgIpc) is 3.47. The van der Waals surface area contributed by atoms with Crippen LogP contribution >= 0.6 is 0 Å². The number of H-pyrrole nitrogens is 2. The molecular weight excluding hydrogens is 419 g/mol. The summed E-state index contributed by atoms with van der Waals surface area (Å²) in [5.74, 6) is 0.111. The maximum atomic E-state index is 14.2. The highest BCUT2D eigenvalue weighted by molar-refractivity contribution is 5.99. The fraction of sp³-hybridized carbons (Fsp3) is 0.160. The zero-order chi connectivity index (χ0) is 22.4. The lowest BCUT2D eigenvalue weighted by atomic mass is 10.0. The van der Waals surface area contributed by atoms with Gasteiger partial charge in [0.05, 0.1) is 24.0 Å². The van der Waals surface area contributed by atoms with E-state index in [9.17, 15) is 4.39 Å². The molecule has 6 rings (SSSR count). The molecule has 8 heteroatoms. The van der Waals surface area contributed by atoms with Crippen LogP contribution in [-0.4, -0.2) is 45.3 Å². The summed E-state index contributed by atoms with van der Waals surface area (Å²) in [5.41, 5.74) is 7.66. The molecule has 0 fully saturated rings. The molecule has 0 radical (unpaired) electrons. The zero-order valence-electron chi connectivity index (χ0n) is 17.9. The van der Waals surface area contributed by atoms with E-state index in [0.29, 0.717) is 11.4 Å². The SMILES string of the molecule is COc1cc(F)cc(-c2ccnc3[nH]c(-c4n[nH]c5ccc(C6=CCNCC6)nc45)cc23)c1. The first kappa shape index (κ1) is 19.6. The topological polar surface area (TPSA) is 91.5 Å². The van der Waals surface area contributed by atoms with Gasteiger partial charge >= 0.3 is 0 Å². The van der Waals surface area contributed by atoms with Gasteiger partial charge in [-0.05, 0) is 66.1 Å². The van der Waals surface area contributed by atoms with Crippen molar-refractivity contribution in [3.8, 4) is 28.3 Å². The van der Waals surface area contributed by atoms with Crippen molar-refractivity contribution in [1.29, 1.82) is 0 Å². The highest BCUT2D eigenvalue weighted by Gasteiger charge is 2.17. The smallest absolute Gasteiger partial charge is 0.138 e. The fourth-order valence-corrected chi connectivity index (χ4v) is 4.36. The predicted octanol–water partition coefficient (Wildman–Crippen LogP) is 4.69. The van der Waals surface area contributed by atoms with Crippen molar-refractivity contribution in [2.45, 2.75) is 6.42 Å². The summed E-state index contributed by atoms with van der Waals surface area (Å²) >= 11 is 0. The molecule has 0 spiro atoms. The third-order valence-corrected chi connectivity index (χ3v) is 6.01. The van der Waals surface area contributed by atoms with Gasteiger partial charge in [0.2, 0.25) is 0 Å². The number of aromatic nitrogens is 5. The highest BCUT2D eigenvalue weighted by atomic mass is 19.1. The lowest BCUT2D eigenvalue weighted by Gasteiger charge is -2.13. The minimum atomic E-state index is -0.354. The van der Waals surface area contributed by atoms with E-state index in [1.807, 2.05) is 30.3 Å². The summed E-state index contributed by atoms with van der Waals surface area (Å²) in [4.78, 5) is 12.8. The van der Waals surface area contributed by atoms with Crippen LogP contribution in [0.5, 0.6) is 5.75 Å². The minimum Gasteiger partial charge on any atom is -0.497 e. The normalized spacial score (nSPS) is 14.1. The molecule has 33 heavy (non-hydrogen) atoms. The standard InChI is InChI=1S/C25H21FN6O/c1-33-17-11-15(10-16(26)12-17)18-6-9-28-25-19(18)13-22(30-25)24-23-21(31-32-24)3-2-20(29-23)14-4-7-27-8-5-14/h2-4,6,9-13,27H,5,7-8H2,1H3,(H,28,30)(H,31,32). The first-order valence-corrected chi connectivity index (χ1v) is 10.8. The van der Waals surface area contributed by atoms with Gasteiger partial charge in [-0.15, -0.1) is 0 Å². The number of hydrogen-bond acceptors (Lipinski definition) is 5. The second-order valence-electron chi connectivity index (χ2n) is 8.03.